The minimum atomic E-state index is -0.110. The lowest BCUT2D eigenvalue weighted by Gasteiger charge is -2.48. The number of hydrogen-bond donors (Lipinski definition) is 0. The SMILES string of the molecule is CC(C)c1cc2c3c(c1)N(c1cc(-c4ccccc4)c(C(C)(C)C)cc1-c1ccccc1)c1ccc(C(C)(C)C)cc1B3c1cc3c(cc1N2c1ccc2c(c1)C(C)(C)CCC2(C)C)C(C)(C)CCC3(C)C. The Bertz CT molecular complexity index is 3300. The summed E-state index contributed by atoms with van der Waals surface area (Å²) in [7, 11) is 0. The van der Waals surface area contributed by atoms with E-state index in [-0.39, 0.29) is 39.2 Å². The Hall–Kier alpha value is -5.80. The van der Waals surface area contributed by atoms with Crippen molar-refractivity contribution < 1.29 is 0 Å². The zero-order valence-electron chi connectivity index (χ0n) is 46.6. The van der Waals surface area contributed by atoms with E-state index in [9.17, 15) is 0 Å². The maximum atomic E-state index is 2.74. The van der Waals surface area contributed by atoms with Crippen LogP contribution in [0, 0.1) is 0 Å². The van der Waals surface area contributed by atoms with Crippen molar-refractivity contribution in [3.63, 3.8) is 0 Å². The van der Waals surface area contributed by atoms with Crippen molar-refractivity contribution in [1.29, 1.82) is 0 Å². The summed E-state index contributed by atoms with van der Waals surface area (Å²) in [5, 5.41) is 0. The van der Waals surface area contributed by atoms with Gasteiger partial charge in [-0.05, 0) is 185 Å². The highest BCUT2D eigenvalue weighted by molar-refractivity contribution is 7.00. The van der Waals surface area contributed by atoms with E-state index < -0.39 is 0 Å². The van der Waals surface area contributed by atoms with Gasteiger partial charge in [-0.15, -0.1) is 0 Å². The molecule has 368 valence electrons. The third-order valence-electron chi connectivity index (χ3n) is 18.0. The third kappa shape index (κ3) is 7.73. The lowest BCUT2D eigenvalue weighted by molar-refractivity contribution is 0.332. The molecule has 0 saturated carbocycles. The first-order valence-electron chi connectivity index (χ1n) is 27.3. The molecule has 0 aromatic heterocycles. The molecule has 7 aromatic carbocycles. The molecule has 72 heavy (non-hydrogen) atoms. The second-order valence-corrected chi connectivity index (χ2v) is 27.4. The van der Waals surface area contributed by atoms with Crippen molar-refractivity contribution >= 4 is 57.2 Å². The van der Waals surface area contributed by atoms with Gasteiger partial charge >= 0.3 is 0 Å². The molecule has 2 nitrogen and oxygen atoms in total. The summed E-state index contributed by atoms with van der Waals surface area (Å²) in [6.07, 6.45) is 4.71. The van der Waals surface area contributed by atoms with E-state index in [1.165, 1.54) is 137 Å². The van der Waals surface area contributed by atoms with Gasteiger partial charge in [0.1, 0.15) is 0 Å². The fraction of sp³-hybridized carbons (Fsp3) is 0.391. The van der Waals surface area contributed by atoms with Crippen LogP contribution in [0.4, 0.5) is 34.1 Å². The van der Waals surface area contributed by atoms with Crippen LogP contribution in [0.2, 0.25) is 0 Å². The van der Waals surface area contributed by atoms with Crippen molar-refractivity contribution in [2.75, 3.05) is 9.80 Å². The summed E-state index contributed by atoms with van der Waals surface area (Å²) in [5.74, 6) is 0.294. The lowest BCUT2D eigenvalue weighted by Crippen LogP contribution is -2.62. The number of benzene rings is 7. The molecule has 2 aliphatic carbocycles. The van der Waals surface area contributed by atoms with Gasteiger partial charge in [-0.1, -0.05) is 196 Å². The molecule has 2 aliphatic heterocycles. The Morgan fingerprint density at radius 2 is 0.944 bits per heavy atom. The van der Waals surface area contributed by atoms with Crippen molar-refractivity contribution in [3.05, 3.63) is 172 Å². The van der Waals surface area contributed by atoms with Gasteiger partial charge in [-0.3, -0.25) is 0 Å². The predicted molar refractivity (Wildman–Crippen MR) is 313 cm³/mol. The molecule has 0 radical (unpaired) electrons. The fourth-order valence-corrected chi connectivity index (χ4v) is 13.2. The summed E-state index contributed by atoms with van der Waals surface area (Å²) in [4.78, 5) is 5.44. The van der Waals surface area contributed by atoms with Crippen LogP contribution >= 0.6 is 0 Å². The molecule has 0 N–H and O–H groups in total. The van der Waals surface area contributed by atoms with E-state index in [0.29, 0.717) is 5.92 Å². The van der Waals surface area contributed by atoms with Crippen molar-refractivity contribution in [2.24, 2.45) is 0 Å². The quantitative estimate of drug-likeness (QED) is 0.159. The van der Waals surface area contributed by atoms with Gasteiger partial charge in [0.25, 0.3) is 6.71 Å². The highest BCUT2D eigenvalue weighted by Gasteiger charge is 2.48. The van der Waals surface area contributed by atoms with Gasteiger partial charge in [0.2, 0.25) is 0 Å². The Balaban J connectivity index is 1.31. The van der Waals surface area contributed by atoms with Crippen LogP contribution in [0.5, 0.6) is 0 Å². The average molecular weight is 947 g/mol. The van der Waals surface area contributed by atoms with Crippen LogP contribution in [0.1, 0.15) is 181 Å². The van der Waals surface area contributed by atoms with Crippen LogP contribution in [0.15, 0.2) is 133 Å². The maximum Gasteiger partial charge on any atom is 0.252 e. The normalized spacial score (nSPS) is 18.0. The Kier molecular flexibility index (Phi) is 11.0. The van der Waals surface area contributed by atoms with Crippen LogP contribution in [-0.4, -0.2) is 6.71 Å². The average Bonchev–Trinajstić information content (AvgIpc) is 3.33. The number of hydrogen-bond acceptors (Lipinski definition) is 2. The Morgan fingerprint density at radius 1 is 0.431 bits per heavy atom. The number of anilines is 6. The second kappa shape index (κ2) is 16.4. The van der Waals surface area contributed by atoms with Gasteiger partial charge in [0, 0.05) is 34.0 Å². The zero-order valence-corrected chi connectivity index (χ0v) is 46.6. The third-order valence-corrected chi connectivity index (χ3v) is 18.0. The van der Waals surface area contributed by atoms with Gasteiger partial charge in [-0.25, -0.2) is 0 Å². The van der Waals surface area contributed by atoms with E-state index in [4.69, 9.17) is 0 Å². The fourth-order valence-electron chi connectivity index (χ4n) is 13.2. The summed E-state index contributed by atoms with van der Waals surface area (Å²) in [6.45, 7) is 38.9. The standard InChI is InChI=1S/C69H79BN2/c1-43(2)46-35-61-63-62(36-46)72(59-40-49(44-23-19-17-20-24-44)52(65(6,7)8)39-50(59)45-25-21-18-22-26-45)58-30-27-47(64(3,4)5)37-56(58)70(63)57-41-54-55(69(15,16)34-33-68(54,13)14)42-60(57)71(61)48-28-29-51-53(38-48)67(11,12)32-31-66(51,9)10/h17-30,35-43H,31-34H2,1-16H3. The number of nitrogens with zero attached hydrogens (tertiary/aromatic N) is 2. The van der Waals surface area contributed by atoms with Crippen LogP contribution in [0.3, 0.4) is 0 Å². The molecule has 0 amide bonds. The van der Waals surface area contributed by atoms with Crippen LogP contribution in [-0.2, 0) is 32.5 Å². The van der Waals surface area contributed by atoms with Crippen LogP contribution in [0.25, 0.3) is 22.3 Å². The molecule has 0 unspecified atom stereocenters. The van der Waals surface area contributed by atoms with E-state index in [1.807, 2.05) is 0 Å². The monoisotopic (exact) mass is 947 g/mol. The minimum absolute atomic E-state index is 0.0118. The summed E-state index contributed by atoms with van der Waals surface area (Å²) >= 11 is 0. The minimum Gasteiger partial charge on any atom is -0.311 e. The van der Waals surface area contributed by atoms with E-state index in [0.717, 1.165) is 0 Å². The van der Waals surface area contributed by atoms with Gasteiger partial charge in [0.15, 0.2) is 0 Å². The van der Waals surface area contributed by atoms with Gasteiger partial charge in [0.05, 0.1) is 5.69 Å². The Labute approximate surface area is 434 Å². The molecule has 7 aromatic rings. The molecule has 0 atom stereocenters. The number of rotatable bonds is 5. The van der Waals surface area contributed by atoms with E-state index >= 15 is 0 Å². The van der Waals surface area contributed by atoms with Crippen molar-refractivity contribution in [1.82, 2.24) is 0 Å². The molecule has 2 heterocycles. The lowest BCUT2D eigenvalue weighted by atomic mass is 9.33. The molecule has 0 spiro atoms. The molecule has 0 bridgehead atoms. The molecule has 0 fully saturated rings. The van der Waals surface area contributed by atoms with Gasteiger partial charge in [-0.2, -0.15) is 0 Å². The van der Waals surface area contributed by atoms with E-state index in [1.54, 1.807) is 0 Å². The molecule has 11 rings (SSSR count). The summed E-state index contributed by atoms with van der Waals surface area (Å²) in [5.41, 5.74) is 27.1. The topological polar surface area (TPSA) is 6.48 Å². The highest BCUT2D eigenvalue weighted by Crippen LogP contribution is 2.54. The van der Waals surface area contributed by atoms with Crippen molar-refractivity contribution in [3.8, 4) is 22.3 Å². The highest BCUT2D eigenvalue weighted by atomic mass is 15.2. The molecule has 4 aliphatic rings. The molecule has 0 saturated heterocycles. The Morgan fingerprint density at radius 3 is 1.50 bits per heavy atom. The molecular weight excluding hydrogens is 868 g/mol. The summed E-state index contributed by atoms with van der Waals surface area (Å²) < 4.78 is 0. The van der Waals surface area contributed by atoms with Crippen LogP contribution < -0.4 is 26.2 Å². The predicted octanol–water partition coefficient (Wildman–Crippen LogP) is 17.5. The smallest absolute Gasteiger partial charge is 0.252 e. The maximum absolute atomic E-state index is 2.74. The van der Waals surface area contributed by atoms with E-state index in [2.05, 4.69) is 254 Å². The van der Waals surface area contributed by atoms with Crippen molar-refractivity contribution in [2.45, 2.75) is 175 Å². The molecule has 3 heteroatoms. The molecular formula is C69H79BN2. The van der Waals surface area contributed by atoms with Gasteiger partial charge < -0.3 is 9.80 Å². The largest absolute Gasteiger partial charge is 0.311 e. The second-order valence-electron chi connectivity index (χ2n) is 27.4. The zero-order chi connectivity index (χ0) is 51.2. The first-order chi connectivity index (χ1) is 33.8. The first kappa shape index (κ1) is 48.5. The number of fused-ring (bicyclic) bond motifs is 6. The first-order valence-corrected chi connectivity index (χ1v) is 27.3. The summed E-state index contributed by atoms with van der Waals surface area (Å²) in [6, 6.07) is 53.1.